The van der Waals surface area contributed by atoms with E-state index in [2.05, 4.69) is 38.5 Å². The van der Waals surface area contributed by atoms with Crippen LogP contribution in [0, 0.1) is 6.92 Å². The van der Waals surface area contributed by atoms with Crippen LogP contribution in [0.3, 0.4) is 0 Å². The summed E-state index contributed by atoms with van der Waals surface area (Å²) in [5, 5.41) is 7.41. The summed E-state index contributed by atoms with van der Waals surface area (Å²) >= 11 is 0. The van der Waals surface area contributed by atoms with E-state index in [4.69, 9.17) is 4.42 Å². The predicted octanol–water partition coefficient (Wildman–Crippen LogP) is 3.52. The Hall–Kier alpha value is -3.01. The van der Waals surface area contributed by atoms with Gasteiger partial charge in [-0.05, 0) is 31.4 Å². The molecular formula is C19H23N7O2Si. The van der Waals surface area contributed by atoms with E-state index in [1.165, 1.54) is 18.4 Å². The van der Waals surface area contributed by atoms with Crippen LogP contribution in [0.4, 0.5) is 11.6 Å². The lowest BCUT2D eigenvalue weighted by atomic mass is 10.1. The smallest absolute Gasteiger partial charge is 0.404 e. The number of aryl methyl sites for hydroxylation is 1. The number of nitrogens with zero attached hydrogens (tertiary/aromatic N) is 6. The fraction of sp³-hybridized carbons (Fsp3) is 0.421. The van der Waals surface area contributed by atoms with Crippen molar-refractivity contribution in [3.63, 3.8) is 0 Å². The molecule has 0 amide bonds. The summed E-state index contributed by atoms with van der Waals surface area (Å²) < 4.78 is 8.84. The fourth-order valence-corrected chi connectivity index (χ4v) is 6.55. The number of anilines is 2. The van der Waals surface area contributed by atoms with Crippen molar-refractivity contribution in [3.05, 3.63) is 40.9 Å². The Balaban J connectivity index is 1.51. The number of hydrogen-bond acceptors (Lipinski definition) is 7. The van der Waals surface area contributed by atoms with Crippen molar-refractivity contribution in [2.45, 2.75) is 51.0 Å². The van der Waals surface area contributed by atoms with Crippen LogP contribution in [0.5, 0.6) is 0 Å². The van der Waals surface area contributed by atoms with Gasteiger partial charge in [-0.25, -0.2) is 19.3 Å². The van der Waals surface area contributed by atoms with E-state index >= 15 is 0 Å². The molecule has 4 aromatic rings. The van der Waals surface area contributed by atoms with Gasteiger partial charge >= 0.3 is 5.76 Å². The number of pyridine rings is 1. The largest absolute Gasteiger partial charge is 0.421 e. The average Bonchev–Trinajstić information content (AvgIpc) is 3.25. The SMILES string of the molecule is Cc1cc2ncnn2cc1Nc1ncc2oc(=O)n(C3CC[Si](C)(C)CC3)c2n1. The van der Waals surface area contributed by atoms with Crippen molar-refractivity contribution >= 4 is 36.6 Å². The maximum absolute atomic E-state index is 12.5. The molecule has 0 atom stereocenters. The highest BCUT2D eigenvalue weighted by molar-refractivity contribution is 6.77. The maximum atomic E-state index is 12.5. The van der Waals surface area contributed by atoms with Gasteiger partial charge in [-0.2, -0.15) is 10.1 Å². The lowest BCUT2D eigenvalue weighted by molar-refractivity contribution is 0.406. The Morgan fingerprint density at radius 3 is 2.83 bits per heavy atom. The normalized spacial score (nSPS) is 17.2. The monoisotopic (exact) mass is 409 g/mol. The zero-order valence-electron chi connectivity index (χ0n) is 16.7. The second-order valence-corrected chi connectivity index (χ2v) is 13.9. The molecule has 0 radical (unpaired) electrons. The number of rotatable bonds is 3. The Morgan fingerprint density at radius 2 is 2.03 bits per heavy atom. The van der Waals surface area contributed by atoms with Crippen LogP contribution in [-0.4, -0.2) is 37.2 Å². The molecule has 1 aliphatic heterocycles. The molecule has 0 aromatic carbocycles. The third kappa shape index (κ3) is 3.22. The fourth-order valence-electron chi connectivity index (χ4n) is 4.07. The summed E-state index contributed by atoms with van der Waals surface area (Å²) in [6.07, 6.45) is 6.93. The van der Waals surface area contributed by atoms with Crippen molar-refractivity contribution in [1.29, 1.82) is 0 Å². The van der Waals surface area contributed by atoms with Crippen LogP contribution in [0.15, 0.2) is 34.0 Å². The Kier molecular flexibility index (Phi) is 4.05. The molecule has 0 bridgehead atoms. The lowest BCUT2D eigenvalue weighted by Crippen LogP contribution is -2.34. The predicted molar refractivity (Wildman–Crippen MR) is 112 cm³/mol. The molecule has 1 saturated heterocycles. The van der Waals surface area contributed by atoms with E-state index in [0.717, 1.165) is 29.7 Å². The molecule has 0 saturated carbocycles. The molecule has 9 nitrogen and oxygen atoms in total. The minimum absolute atomic E-state index is 0.139. The van der Waals surface area contributed by atoms with Gasteiger partial charge in [0.15, 0.2) is 16.9 Å². The van der Waals surface area contributed by atoms with Gasteiger partial charge < -0.3 is 9.73 Å². The average molecular weight is 410 g/mol. The standard InChI is InChI=1S/C19H23N7O2Si/c1-12-8-16-21-11-22-25(16)10-14(12)23-18-20-9-15-17(24-18)26(19(27)28-15)13-4-6-29(2,3)7-5-13/h8-11,13H,4-7H2,1-3H3,(H,20,23,24). The van der Waals surface area contributed by atoms with Gasteiger partial charge in [-0.3, -0.25) is 4.57 Å². The number of oxazole rings is 1. The molecule has 1 fully saturated rings. The first kappa shape index (κ1) is 18.0. The third-order valence-corrected chi connectivity index (χ3v) is 9.19. The van der Waals surface area contributed by atoms with Gasteiger partial charge in [0.25, 0.3) is 0 Å². The van der Waals surface area contributed by atoms with Crippen molar-refractivity contribution in [2.24, 2.45) is 0 Å². The molecule has 4 aromatic heterocycles. The second-order valence-electron chi connectivity index (χ2n) is 8.57. The summed E-state index contributed by atoms with van der Waals surface area (Å²) in [5.74, 6) is 0.0677. The van der Waals surface area contributed by atoms with Crippen LogP contribution < -0.4 is 11.1 Å². The number of fused-ring (bicyclic) bond motifs is 2. The molecule has 0 unspecified atom stereocenters. The van der Waals surface area contributed by atoms with E-state index in [1.54, 1.807) is 15.3 Å². The minimum Gasteiger partial charge on any atom is -0.404 e. The molecule has 0 spiro atoms. The molecule has 1 aliphatic rings. The van der Waals surface area contributed by atoms with Crippen molar-refractivity contribution in [2.75, 3.05) is 5.32 Å². The van der Waals surface area contributed by atoms with E-state index < -0.39 is 8.07 Å². The Morgan fingerprint density at radius 1 is 1.24 bits per heavy atom. The zero-order valence-corrected chi connectivity index (χ0v) is 17.7. The number of nitrogens with one attached hydrogen (secondary N) is 1. The lowest BCUT2D eigenvalue weighted by Gasteiger charge is -2.32. The summed E-state index contributed by atoms with van der Waals surface area (Å²) in [4.78, 5) is 25.7. The molecule has 150 valence electrons. The molecule has 5 rings (SSSR count). The second kappa shape index (κ2) is 6.51. The molecular weight excluding hydrogens is 386 g/mol. The molecule has 1 N–H and O–H groups in total. The van der Waals surface area contributed by atoms with Crippen LogP contribution in [0.2, 0.25) is 25.2 Å². The number of hydrogen-bond donors (Lipinski definition) is 1. The summed E-state index contributed by atoms with van der Waals surface area (Å²) in [7, 11) is -1.12. The van der Waals surface area contributed by atoms with Gasteiger partial charge in [-0.15, -0.1) is 0 Å². The van der Waals surface area contributed by atoms with Crippen LogP contribution in [0.25, 0.3) is 16.9 Å². The van der Waals surface area contributed by atoms with Crippen LogP contribution in [-0.2, 0) is 0 Å². The highest BCUT2D eigenvalue weighted by Gasteiger charge is 2.31. The van der Waals surface area contributed by atoms with Gasteiger partial charge in [0.05, 0.1) is 18.1 Å². The van der Waals surface area contributed by atoms with Crippen molar-refractivity contribution in [3.8, 4) is 0 Å². The molecule has 10 heteroatoms. The zero-order chi connectivity index (χ0) is 20.2. The van der Waals surface area contributed by atoms with E-state index in [0.29, 0.717) is 17.2 Å². The minimum atomic E-state index is -1.12. The van der Waals surface area contributed by atoms with E-state index in [1.807, 2.05) is 19.2 Å². The van der Waals surface area contributed by atoms with E-state index in [-0.39, 0.29) is 11.8 Å². The van der Waals surface area contributed by atoms with Crippen LogP contribution in [0.1, 0.15) is 24.4 Å². The first-order valence-electron chi connectivity index (χ1n) is 9.85. The number of aromatic nitrogens is 6. The van der Waals surface area contributed by atoms with Crippen molar-refractivity contribution in [1.82, 2.24) is 29.1 Å². The quantitative estimate of drug-likeness (QED) is 0.516. The topological polar surface area (TPSA) is 103 Å². The van der Waals surface area contributed by atoms with E-state index in [9.17, 15) is 4.79 Å². The molecule has 5 heterocycles. The third-order valence-electron chi connectivity index (χ3n) is 5.90. The molecule has 29 heavy (non-hydrogen) atoms. The van der Waals surface area contributed by atoms with Crippen molar-refractivity contribution < 1.29 is 4.42 Å². The first-order valence-corrected chi connectivity index (χ1v) is 13.3. The molecule has 0 aliphatic carbocycles. The van der Waals surface area contributed by atoms with Gasteiger partial charge in [0.2, 0.25) is 5.95 Å². The summed E-state index contributed by atoms with van der Waals surface area (Å²) in [5.41, 5.74) is 3.57. The Bertz CT molecular complexity index is 1260. The Labute approximate surface area is 167 Å². The summed E-state index contributed by atoms with van der Waals surface area (Å²) in [6.45, 7) is 6.81. The van der Waals surface area contributed by atoms with Crippen LogP contribution >= 0.6 is 0 Å². The first-order chi connectivity index (χ1) is 13.9. The van der Waals surface area contributed by atoms with Gasteiger partial charge in [-0.1, -0.05) is 25.2 Å². The maximum Gasteiger partial charge on any atom is 0.421 e. The van der Waals surface area contributed by atoms with Gasteiger partial charge in [0.1, 0.15) is 6.33 Å². The summed E-state index contributed by atoms with van der Waals surface area (Å²) in [6, 6.07) is 4.50. The highest BCUT2D eigenvalue weighted by atomic mass is 28.3. The van der Waals surface area contributed by atoms with Gasteiger partial charge in [0, 0.05) is 14.1 Å². The highest BCUT2D eigenvalue weighted by Crippen LogP contribution is 2.35.